The summed E-state index contributed by atoms with van der Waals surface area (Å²) >= 11 is 1.38. The van der Waals surface area contributed by atoms with Crippen molar-refractivity contribution in [1.82, 2.24) is 10.2 Å². The average Bonchev–Trinajstić information content (AvgIpc) is 2.85. The number of carbonyl (C=O) groups is 1. The number of benzene rings is 1. The second-order valence-electron chi connectivity index (χ2n) is 4.38. The monoisotopic (exact) mass is 291 g/mol. The Kier molecular flexibility index (Phi) is 5.06. The molecule has 106 valence electrons. The lowest BCUT2D eigenvalue weighted by Gasteiger charge is -2.03. The summed E-state index contributed by atoms with van der Waals surface area (Å²) in [6.07, 6.45) is 2.15. The van der Waals surface area contributed by atoms with Crippen molar-refractivity contribution in [2.75, 3.05) is 12.4 Å². The van der Waals surface area contributed by atoms with E-state index >= 15 is 0 Å². The normalized spacial score (nSPS) is 10.3. The van der Waals surface area contributed by atoms with Crippen molar-refractivity contribution in [3.63, 3.8) is 0 Å². The van der Waals surface area contributed by atoms with Crippen molar-refractivity contribution in [3.05, 3.63) is 34.8 Å². The van der Waals surface area contributed by atoms with E-state index in [0.29, 0.717) is 11.6 Å². The molecule has 1 heterocycles. The fourth-order valence-electron chi connectivity index (χ4n) is 1.77. The lowest BCUT2D eigenvalue weighted by Crippen LogP contribution is -2.11. The number of aromatic nitrogens is 2. The number of amides is 1. The van der Waals surface area contributed by atoms with Gasteiger partial charge in [-0.1, -0.05) is 23.5 Å². The van der Waals surface area contributed by atoms with E-state index < -0.39 is 0 Å². The number of hydrogen-bond donors (Lipinski definition) is 1. The van der Waals surface area contributed by atoms with Crippen LogP contribution >= 0.6 is 11.3 Å². The van der Waals surface area contributed by atoms with Crippen molar-refractivity contribution in [2.45, 2.75) is 26.2 Å². The molecule has 0 aliphatic carbocycles. The summed E-state index contributed by atoms with van der Waals surface area (Å²) in [5.41, 5.74) is 1.20. The highest BCUT2D eigenvalue weighted by atomic mass is 32.1. The molecule has 0 aliphatic heterocycles. The summed E-state index contributed by atoms with van der Waals surface area (Å²) in [4.78, 5) is 11.7. The molecule has 2 rings (SSSR count). The molecule has 1 aromatic heterocycles. The minimum Gasteiger partial charge on any atom is -0.497 e. The van der Waals surface area contributed by atoms with Crippen molar-refractivity contribution in [3.8, 4) is 5.75 Å². The van der Waals surface area contributed by atoms with Crippen LogP contribution in [0.25, 0.3) is 0 Å². The van der Waals surface area contributed by atoms with Crippen molar-refractivity contribution in [2.24, 2.45) is 0 Å². The van der Waals surface area contributed by atoms with Crippen LogP contribution < -0.4 is 10.1 Å². The first kappa shape index (κ1) is 14.5. The highest BCUT2D eigenvalue weighted by molar-refractivity contribution is 7.15. The third-order valence-corrected chi connectivity index (χ3v) is 3.55. The van der Waals surface area contributed by atoms with Gasteiger partial charge >= 0.3 is 0 Å². The van der Waals surface area contributed by atoms with Crippen LogP contribution in [0, 0.1) is 6.92 Å². The second-order valence-corrected chi connectivity index (χ2v) is 5.56. The summed E-state index contributed by atoms with van der Waals surface area (Å²) in [7, 11) is 1.65. The van der Waals surface area contributed by atoms with Gasteiger partial charge in [0.05, 0.1) is 7.11 Å². The fourth-order valence-corrected chi connectivity index (χ4v) is 2.38. The van der Waals surface area contributed by atoms with E-state index in [4.69, 9.17) is 4.74 Å². The van der Waals surface area contributed by atoms with Gasteiger partial charge in [0.1, 0.15) is 10.8 Å². The van der Waals surface area contributed by atoms with Gasteiger partial charge in [0.15, 0.2) is 0 Å². The maximum Gasteiger partial charge on any atom is 0.226 e. The largest absolute Gasteiger partial charge is 0.497 e. The van der Waals surface area contributed by atoms with Crippen LogP contribution in [0.15, 0.2) is 24.3 Å². The number of rotatable bonds is 6. The van der Waals surface area contributed by atoms with Crippen LogP contribution in [0.2, 0.25) is 0 Å². The van der Waals surface area contributed by atoms with E-state index in [1.54, 1.807) is 7.11 Å². The lowest BCUT2D eigenvalue weighted by molar-refractivity contribution is -0.116. The minimum absolute atomic E-state index is 0.0188. The Labute approximate surface area is 122 Å². The van der Waals surface area contributed by atoms with E-state index in [9.17, 15) is 4.79 Å². The predicted molar refractivity (Wildman–Crippen MR) is 79.2 cm³/mol. The number of methoxy groups -OCH3 is 1. The standard InChI is InChI=1S/C14H17N3O2S/c1-10-16-17-14(20-10)15-13(18)5-3-4-11-6-8-12(19-2)9-7-11/h6-9H,3-5H2,1-2H3,(H,15,17,18). The maximum atomic E-state index is 11.7. The smallest absolute Gasteiger partial charge is 0.226 e. The number of anilines is 1. The Morgan fingerprint density at radius 2 is 2.05 bits per heavy atom. The Bertz CT molecular complexity index is 566. The van der Waals surface area contributed by atoms with Gasteiger partial charge in [-0.3, -0.25) is 4.79 Å². The summed E-state index contributed by atoms with van der Waals surface area (Å²) in [5, 5.41) is 11.9. The Hall–Kier alpha value is -1.95. The number of nitrogens with one attached hydrogen (secondary N) is 1. The summed E-state index contributed by atoms with van der Waals surface area (Å²) in [5.74, 6) is 0.827. The average molecular weight is 291 g/mol. The lowest BCUT2D eigenvalue weighted by atomic mass is 10.1. The molecular formula is C14H17N3O2S. The quantitative estimate of drug-likeness (QED) is 0.889. The third-order valence-electron chi connectivity index (χ3n) is 2.80. The fraction of sp³-hybridized carbons (Fsp3) is 0.357. The second kappa shape index (κ2) is 7.00. The number of ether oxygens (including phenoxy) is 1. The number of aryl methyl sites for hydroxylation is 2. The summed E-state index contributed by atoms with van der Waals surface area (Å²) in [6, 6.07) is 7.90. The molecule has 6 heteroatoms. The first-order valence-corrected chi connectivity index (χ1v) is 7.22. The number of hydrogen-bond acceptors (Lipinski definition) is 5. The van der Waals surface area contributed by atoms with Crippen LogP contribution in [0.5, 0.6) is 5.75 Å². The van der Waals surface area contributed by atoms with Crippen molar-refractivity contribution < 1.29 is 9.53 Å². The van der Waals surface area contributed by atoms with Crippen molar-refractivity contribution in [1.29, 1.82) is 0 Å². The molecule has 0 spiro atoms. The van der Waals surface area contributed by atoms with Crippen LogP contribution in [-0.4, -0.2) is 23.2 Å². The molecule has 5 nitrogen and oxygen atoms in total. The highest BCUT2D eigenvalue weighted by Crippen LogP contribution is 2.15. The molecule has 1 N–H and O–H groups in total. The van der Waals surface area contributed by atoms with Gasteiger partial charge < -0.3 is 10.1 Å². The Balaban J connectivity index is 1.73. The van der Waals surface area contributed by atoms with Crippen LogP contribution in [-0.2, 0) is 11.2 Å². The third kappa shape index (κ3) is 4.31. The van der Waals surface area contributed by atoms with E-state index in [-0.39, 0.29) is 5.91 Å². The van der Waals surface area contributed by atoms with Gasteiger partial charge in [0.25, 0.3) is 0 Å². The van der Waals surface area contributed by atoms with Gasteiger partial charge in [-0.2, -0.15) is 0 Å². The van der Waals surface area contributed by atoms with Crippen molar-refractivity contribution >= 4 is 22.4 Å². The Morgan fingerprint density at radius 1 is 1.30 bits per heavy atom. The summed E-state index contributed by atoms with van der Waals surface area (Å²) in [6.45, 7) is 1.86. The molecule has 0 atom stereocenters. The molecule has 1 amide bonds. The molecular weight excluding hydrogens is 274 g/mol. The van der Waals surface area contributed by atoms with Gasteiger partial charge in [0, 0.05) is 6.42 Å². The van der Waals surface area contributed by atoms with Gasteiger partial charge in [-0.15, -0.1) is 10.2 Å². The maximum absolute atomic E-state index is 11.7. The molecule has 0 aliphatic rings. The van der Waals surface area contributed by atoms with E-state index in [1.807, 2.05) is 31.2 Å². The van der Waals surface area contributed by atoms with Gasteiger partial charge in [-0.25, -0.2) is 0 Å². The Morgan fingerprint density at radius 3 is 2.65 bits per heavy atom. The molecule has 0 unspecified atom stereocenters. The molecule has 0 saturated heterocycles. The van der Waals surface area contributed by atoms with Crippen LogP contribution in [0.1, 0.15) is 23.4 Å². The molecule has 0 fully saturated rings. The van der Waals surface area contributed by atoms with E-state index in [0.717, 1.165) is 23.6 Å². The molecule has 0 bridgehead atoms. The van der Waals surface area contributed by atoms with Crippen LogP contribution in [0.3, 0.4) is 0 Å². The van der Waals surface area contributed by atoms with E-state index in [2.05, 4.69) is 15.5 Å². The first-order valence-electron chi connectivity index (χ1n) is 6.40. The van der Waals surface area contributed by atoms with Gasteiger partial charge in [-0.05, 0) is 37.5 Å². The molecule has 2 aromatic rings. The molecule has 20 heavy (non-hydrogen) atoms. The van der Waals surface area contributed by atoms with E-state index in [1.165, 1.54) is 16.9 Å². The molecule has 0 radical (unpaired) electrons. The molecule has 0 saturated carbocycles. The number of carbonyl (C=O) groups excluding carboxylic acids is 1. The number of nitrogens with zero attached hydrogens (tertiary/aromatic N) is 2. The zero-order valence-electron chi connectivity index (χ0n) is 11.5. The molecule has 1 aromatic carbocycles. The minimum atomic E-state index is -0.0188. The SMILES string of the molecule is COc1ccc(CCCC(=O)Nc2nnc(C)s2)cc1. The topological polar surface area (TPSA) is 64.1 Å². The zero-order valence-corrected chi connectivity index (χ0v) is 12.4. The van der Waals surface area contributed by atoms with Crippen LogP contribution in [0.4, 0.5) is 5.13 Å². The zero-order chi connectivity index (χ0) is 14.4. The predicted octanol–water partition coefficient (Wildman–Crippen LogP) is 2.82. The highest BCUT2D eigenvalue weighted by Gasteiger charge is 2.06. The first-order chi connectivity index (χ1) is 9.67. The summed E-state index contributed by atoms with van der Waals surface area (Å²) < 4.78 is 5.10. The van der Waals surface area contributed by atoms with Gasteiger partial charge in [0.2, 0.25) is 11.0 Å².